The topological polar surface area (TPSA) is 33.2 Å². The van der Waals surface area contributed by atoms with E-state index in [2.05, 4.69) is 4.98 Å². The van der Waals surface area contributed by atoms with Gasteiger partial charge in [0.1, 0.15) is 5.15 Å². The number of carbonyl (C=O) groups is 1. The molecule has 0 spiro atoms. The van der Waals surface area contributed by atoms with Crippen LogP contribution < -0.4 is 4.90 Å². The van der Waals surface area contributed by atoms with Crippen LogP contribution in [-0.2, 0) is 0 Å². The highest BCUT2D eigenvalue weighted by Crippen LogP contribution is 2.19. The molecular formula is C15H15ClN2O. The van der Waals surface area contributed by atoms with E-state index in [4.69, 9.17) is 11.6 Å². The molecule has 0 N–H and O–H groups in total. The molecule has 3 nitrogen and oxygen atoms in total. The first-order valence-corrected chi connectivity index (χ1v) is 6.49. The van der Waals surface area contributed by atoms with Crippen molar-refractivity contribution in [2.45, 2.75) is 13.8 Å². The summed E-state index contributed by atoms with van der Waals surface area (Å²) < 4.78 is 0. The van der Waals surface area contributed by atoms with Crippen molar-refractivity contribution in [3.63, 3.8) is 0 Å². The van der Waals surface area contributed by atoms with Gasteiger partial charge in [0.2, 0.25) is 0 Å². The van der Waals surface area contributed by atoms with Gasteiger partial charge < -0.3 is 4.90 Å². The lowest BCUT2D eigenvalue weighted by Gasteiger charge is -2.21. The molecule has 0 aliphatic heterocycles. The second-order valence-corrected chi connectivity index (χ2v) is 4.64. The standard InChI is InChI=1S/C15H15ClN2O/c1-3-18(13-6-4-5-11(2)9-13)15(19)12-7-8-17-14(16)10-12/h4-10H,3H2,1-2H3. The summed E-state index contributed by atoms with van der Waals surface area (Å²) in [7, 11) is 0. The van der Waals surface area contributed by atoms with Gasteiger partial charge in [-0.3, -0.25) is 4.79 Å². The predicted octanol–water partition coefficient (Wildman–Crippen LogP) is 3.71. The highest BCUT2D eigenvalue weighted by Gasteiger charge is 2.16. The summed E-state index contributed by atoms with van der Waals surface area (Å²) in [4.78, 5) is 18.1. The van der Waals surface area contributed by atoms with Gasteiger partial charge in [0.15, 0.2) is 0 Å². The van der Waals surface area contributed by atoms with Crippen LogP contribution in [0.25, 0.3) is 0 Å². The molecule has 0 radical (unpaired) electrons. The highest BCUT2D eigenvalue weighted by molar-refractivity contribution is 6.29. The monoisotopic (exact) mass is 274 g/mol. The van der Waals surface area contributed by atoms with Crippen molar-refractivity contribution < 1.29 is 4.79 Å². The van der Waals surface area contributed by atoms with Crippen LogP contribution in [0.15, 0.2) is 42.6 Å². The maximum atomic E-state index is 12.5. The molecule has 1 heterocycles. The van der Waals surface area contributed by atoms with Gasteiger partial charge in [-0.15, -0.1) is 0 Å². The number of nitrogens with zero attached hydrogens (tertiary/aromatic N) is 2. The summed E-state index contributed by atoms with van der Waals surface area (Å²) >= 11 is 5.83. The van der Waals surface area contributed by atoms with E-state index in [9.17, 15) is 4.79 Å². The Morgan fingerprint density at radius 2 is 2.11 bits per heavy atom. The third-order valence-corrected chi connectivity index (χ3v) is 3.05. The highest BCUT2D eigenvalue weighted by atomic mass is 35.5. The van der Waals surface area contributed by atoms with Crippen molar-refractivity contribution in [1.29, 1.82) is 0 Å². The van der Waals surface area contributed by atoms with Crippen LogP contribution in [0.2, 0.25) is 5.15 Å². The Morgan fingerprint density at radius 1 is 1.32 bits per heavy atom. The molecule has 0 saturated carbocycles. The van der Waals surface area contributed by atoms with Crippen LogP contribution in [-0.4, -0.2) is 17.4 Å². The number of aromatic nitrogens is 1. The summed E-state index contributed by atoms with van der Waals surface area (Å²) in [5.74, 6) is -0.0719. The van der Waals surface area contributed by atoms with Gasteiger partial charge in [-0.25, -0.2) is 4.98 Å². The molecule has 4 heteroatoms. The van der Waals surface area contributed by atoms with E-state index in [1.165, 1.54) is 0 Å². The Kier molecular flexibility index (Phi) is 4.17. The van der Waals surface area contributed by atoms with Gasteiger partial charge in [0, 0.05) is 24.0 Å². The van der Waals surface area contributed by atoms with Crippen molar-refractivity contribution in [1.82, 2.24) is 4.98 Å². The molecule has 0 saturated heterocycles. The minimum absolute atomic E-state index is 0.0719. The van der Waals surface area contributed by atoms with Crippen LogP contribution in [0, 0.1) is 6.92 Å². The Labute approximate surface area is 117 Å². The molecule has 0 unspecified atom stereocenters. The third-order valence-electron chi connectivity index (χ3n) is 2.85. The van der Waals surface area contributed by atoms with Gasteiger partial charge in [-0.1, -0.05) is 23.7 Å². The van der Waals surface area contributed by atoms with Crippen molar-refractivity contribution >= 4 is 23.2 Å². The number of hydrogen-bond acceptors (Lipinski definition) is 2. The molecule has 98 valence electrons. The number of benzene rings is 1. The Morgan fingerprint density at radius 3 is 2.74 bits per heavy atom. The van der Waals surface area contributed by atoms with Crippen molar-refractivity contribution in [2.24, 2.45) is 0 Å². The lowest BCUT2D eigenvalue weighted by molar-refractivity contribution is 0.0988. The van der Waals surface area contributed by atoms with E-state index in [1.54, 1.807) is 23.2 Å². The maximum Gasteiger partial charge on any atom is 0.258 e. The van der Waals surface area contributed by atoms with Crippen LogP contribution in [0.5, 0.6) is 0 Å². The molecule has 1 aromatic heterocycles. The SMILES string of the molecule is CCN(C(=O)c1ccnc(Cl)c1)c1cccc(C)c1. The molecule has 0 fully saturated rings. The Balaban J connectivity index is 2.34. The molecular weight excluding hydrogens is 260 g/mol. The van der Waals surface area contributed by atoms with Crippen LogP contribution >= 0.6 is 11.6 Å². The van der Waals surface area contributed by atoms with Gasteiger partial charge in [-0.2, -0.15) is 0 Å². The minimum atomic E-state index is -0.0719. The van der Waals surface area contributed by atoms with E-state index < -0.39 is 0 Å². The van der Waals surface area contributed by atoms with E-state index in [1.807, 2.05) is 38.1 Å². The molecule has 19 heavy (non-hydrogen) atoms. The summed E-state index contributed by atoms with van der Waals surface area (Å²) in [6.07, 6.45) is 1.54. The largest absolute Gasteiger partial charge is 0.309 e. The summed E-state index contributed by atoms with van der Waals surface area (Å²) in [5.41, 5.74) is 2.56. The summed E-state index contributed by atoms with van der Waals surface area (Å²) in [5, 5.41) is 0.325. The molecule has 1 amide bonds. The average Bonchev–Trinajstić information content (AvgIpc) is 2.39. The molecule has 0 aliphatic carbocycles. The smallest absolute Gasteiger partial charge is 0.258 e. The normalized spacial score (nSPS) is 10.3. The quantitative estimate of drug-likeness (QED) is 0.800. The fourth-order valence-electron chi connectivity index (χ4n) is 1.93. The maximum absolute atomic E-state index is 12.5. The molecule has 2 aromatic rings. The number of hydrogen-bond donors (Lipinski definition) is 0. The number of halogens is 1. The number of anilines is 1. The lowest BCUT2D eigenvalue weighted by atomic mass is 10.1. The van der Waals surface area contributed by atoms with Gasteiger partial charge in [0.25, 0.3) is 5.91 Å². The number of carbonyl (C=O) groups excluding carboxylic acids is 1. The fraction of sp³-hybridized carbons (Fsp3) is 0.200. The lowest BCUT2D eigenvalue weighted by Crippen LogP contribution is -2.30. The van der Waals surface area contributed by atoms with Crippen molar-refractivity contribution in [3.05, 3.63) is 58.9 Å². The molecule has 0 bridgehead atoms. The number of aryl methyl sites for hydroxylation is 1. The van der Waals surface area contributed by atoms with Crippen LogP contribution in [0.4, 0.5) is 5.69 Å². The van der Waals surface area contributed by atoms with Crippen molar-refractivity contribution in [2.75, 3.05) is 11.4 Å². The average molecular weight is 275 g/mol. The van der Waals surface area contributed by atoms with Gasteiger partial charge >= 0.3 is 0 Å². The first-order chi connectivity index (χ1) is 9.11. The number of pyridine rings is 1. The first kappa shape index (κ1) is 13.6. The zero-order chi connectivity index (χ0) is 13.8. The zero-order valence-corrected chi connectivity index (χ0v) is 11.7. The molecule has 0 aliphatic rings. The van der Waals surface area contributed by atoms with Crippen molar-refractivity contribution in [3.8, 4) is 0 Å². The van der Waals surface area contributed by atoms with Gasteiger partial charge in [0.05, 0.1) is 0 Å². The Hall–Kier alpha value is -1.87. The summed E-state index contributed by atoms with van der Waals surface area (Å²) in [6, 6.07) is 11.1. The number of amides is 1. The Bertz CT molecular complexity index is 598. The minimum Gasteiger partial charge on any atom is -0.309 e. The van der Waals surface area contributed by atoms with Gasteiger partial charge in [-0.05, 0) is 43.7 Å². The van der Waals surface area contributed by atoms with E-state index in [-0.39, 0.29) is 5.91 Å². The number of rotatable bonds is 3. The van der Waals surface area contributed by atoms with E-state index in [0.717, 1.165) is 11.3 Å². The molecule has 0 atom stereocenters. The van der Waals surface area contributed by atoms with Crippen LogP contribution in [0.1, 0.15) is 22.8 Å². The van der Waals surface area contributed by atoms with E-state index >= 15 is 0 Å². The molecule has 2 rings (SSSR count). The third kappa shape index (κ3) is 3.12. The van der Waals surface area contributed by atoms with E-state index in [0.29, 0.717) is 17.3 Å². The first-order valence-electron chi connectivity index (χ1n) is 6.12. The summed E-state index contributed by atoms with van der Waals surface area (Å²) in [6.45, 7) is 4.55. The fourth-order valence-corrected chi connectivity index (χ4v) is 2.10. The zero-order valence-electron chi connectivity index (χ0n) is 10.9. The second kappa shape index (κ2) is 5.85. The van der Waals surface area contributed by atoms with Crippen LogP contribution in [0.3, 0.4) is 0 Å². The predicted molar refractivity (Wildman–Crippen MR) is 77.8 cm³/mol. The second-order valence-electron chi connectivity index (χ2n) is 4.26. The molecule has 1 aromatic carbocycles.